The van der Waals surface area contributed by atoms with E-state index in [1.54, 1.807) is 18.7 Å². The Morgan fingerprint density at radius 3 is 2.44 bits per heavy atom. The van der Waals surface area contributed by atoms with Crippen LogP contribution in [0.5, 0.6) is 0 Å². The van der Waals surface area contributed by atoms with Crippen molar-refractivity contribution in [3.63, 3.8) is 0 Å². The van der Waals surface area contributed by atoms with Crippen molar-refractivity contribution in [2.75, 3.05) is 5.32 Å². The van der Waals surface area contributed by atoms with Crippen LogP contribution in [0.2, 0.25) is 0 Å². The predicted octanol–water partition coefficient (Wildman–Crippen LogP) is 4.45. The van der Waals surface area contributed by atoms with E-state index in [1.807, 2.05) is 60.1 Å². The number of rotatable bonds is 5. The number of allylic oxidation sites excluding steroid dienone is 2. The summed E-state index contributed by atoms with van der Waals surface area (Å²) >= 11 is 1.59. The minimum atomic E-state index is -0.265. The average Bonchev–Trinajstić information content (AvgIpc) is 3.09. The minimum Gasteiger partial charge on any atom is -0.328 e. The summed E-state index contributed by atoms with van der Waals surface area (Å²) in [5.74, 6) is 1.50. The molecule has 0 bridgehead atoms. The van der Waals surface area contributed by atoms with E-state index in [4.69, 9.17) is 5.10 Å². The zero-order chi connectivity index (χ0) is 18.8. The smallest absolute Gasteiger partial charge is 0.227 e. The maximum atomic E-state index is 12.4. The van der Waals surface area contributed by atoms with Crippen LogP contribution < -0.4 is 5.32 Å². The first-order valence-corrected chi connectivity index (χ1v) is 9.79. The Morgan fingerprint density at radius 2 is 1.78 bits per heavy atom. The zero-order valence-corrected chi connectivity index (χ0v) is 16.0. The molecule has 1 N–H and O–H groups in total. The molecule has 6 heteroatoms. The van der Waals surface area contributed by atoms with Gasteiger partial charge >= 0.3 is 0 Å². The molecule has 0 radical (unpaired) electrons. The van der Waals surface area contributed by atoms with Gasteiger partial charge in [-0.3, -0.25) is 4.79 Å². The molecule has 0 saturated carbocycles. The Kier molecular flexibility index (Phi) is 4.81. The van der Waals surface area contributed by atoms with Crippen LogP contribution in [0.1, 0.15) is 31.0 Å². The first-order chi connectivity index (χ1) is 13.1. The van der Waals surface area contributed by atoms with E-state index < -0.39 is 0 Å². The van der Waals surface area contributed by atoms with Crippen molar-refractivity contribution in [3.05, 3.63) is 83.1 Å². The molecule has 3 aromatic rings. The van der Waals surface area contributed by atoms with Crippen LogP contribution in [-0.2, 0) is 10.5 Å². The van der Waals surface area contributed by atoms with Crippen molar-refractivity contribution >= 4 is 23.5 Å². The summed E-state index contributed by atoms with van der Waals surface area (Å²) in [5, 5.41) is 8.65. The third-order valence-corrected chi connectivity index (χ3v) is 5.45. The molecule has 0 saturated heterocycles. The van der Waals surface area contributed by atoms with Gasteiger partial charge in [0.1, 0.15) is 6.04 Å². The molecule has 5 nitrogen and oxygen atoms in total. The second-order valence-corrected chi connectivity index (χ2v) is 7.41. The molecule has 4 rings (SSSR count). The van der Waals surface area contributed by atoms with Gasteiger partial charge in [0, 0.05) is 17.0 Å². The summed E-state index contributed by atoms with van der Waals surface area (Å²) in [6.07, 6.45) is 0. The summed E-state index contributed by atoms with van der Waals surface area (Å²) in [4.78, 5) is 17.0. The summed E-state index contributed by atoms with van der Waals surface area (Å²) in [6, 6.07) is 20.0. The second-order valence-electron chi connectivity index (χ2n) is 6.47. The SMILES string of the molecule is CC(=O)C1=C(C)Nc2nc(SCc3ccccc3)nn2C1c1ccccc1. The topological polar surface area (TPSA) is 59.8 Å². The Morgan fingerprint density at radius 1 is 1.11 bits per heavy atom. The zero-order valence-electron chi connectivity index (χ0n) is 15.2. The van der Waals surface area contributed by atoms with Gasteiger partial charge < -0.3 is 5.32 Å². The maximum absolute atomic E-state index is 12.4. The fourth-order valence-electron chi connectivity index (χ4n) is 3.31. The Labute approximate surface area is 162 Å². The molecule has 2 heterocycles. The van der Waals surface area contributed by atoms with Crippen LogP contribution in [0.3, 0.4) is 0 Å². The Balaban J connectivity index is 1.69. The quantitative estimate of drug-likeness (QED) is 0.667. The number of hydrogen-bond donors (Lipinski definition) is 1. The summed E-state index contributed by atoms with van der Waals surface area (Å²) < 4.78 is 1.83. The molecule has 0 fully saturated rings. The molecule has 1 aromatic heterocycles. The van der Waals surface area contributed by atoms with E-state index in [-0.39, 0.29) is 11.8 Å². The number of hydrogen-bond acceptors (Lipinski definition) is 5. The van der Waals surface area contributed by atoms with E-state index in [0.717, 1.165) is 22.6 Å². The first-order valence-electron chi connectivity index (χ1n) is 8.80. The van der Waals surface area contributed by atoms with Crippen LogP contribution in [0, 0.1) is 0 Å². The molecule has 0 spiro atoms. The summed E-state index contributed by atoms with van der Waals surface area (Å²) in [5.41, 5.74) is 3.80. The number of thioether (sulfide) groups is 1. The first kappa shape index (κ1) is 17.5. The number of benzene rings is 2. The van der Waals surface area contributed by atoms with Gasteiger partial charge in [0.25, 0.3) is 0 Å². The van der Waals surface area contributed by atoms with Gasteiger partial charge in [-0.05, 0) is 25.0 Å². The maximum Gasteiger partial charge on any atom is 0.227 e. The Bertz CT molecular complexity index is 996. The largest absolute Gasteiger partial charge is 0.328 e. The van der Waals surface area contributed by atoms with Crippen molar-refractivity contribution in [2.45, 2.75) is 30.8 Å². The third-order valence-electron chi connectivity index (χ3n) is 4.54. The van der Waals surface area contributed by atoms with Gasteiger partial charge in [-0.2, -0.15) is 4.98 Å². The van der Waals surface area contributed by atoms with Crippen molar-refractivity contribution in [3.8, 4) is 0 Å². The number of carbonyl (C=O) groups is 1. The van der Waals surface area contributed by atoms with Crippen molar-refractivity contribution < 1.29 is 4.79 Å². The Hall–Kier alpha value is -2.86. The molecule has 0 amide bonds. The molecule has 1 atom stereocenters. The number of nitrogens with one attached hydrogen (secondary N) is 1. The summed E-state index contributed by atoms with van der Waals surface area (Å²) in [7, 11) is 0. The van der Waals surface area contributed by atoms with Gasteiger partial charge in [-0.25, -0.2) is 4.68 Å². The van der Waals surface area contributed by atoms with Gasteiger partial charge in [-0.1, -0.05) is 72.4 Å². The van der Waals surface area contributed by atoms with Crippen molar-refractivity contribution in [1.29, 1.82) is 0 Å². The number of anilines is 1. The normalized spacial score (nSPS) is 16.0. The molecule has 1 aliphatic heterocycles. The van der Waals surface area contributed by atoms with E-state index in [0.29, 0.717) is 11.1 Å². The number of carbonyl (C=O) groups excluding carboxylic acids is 1. The van der Waals surface area contributed by atoms with E-state index >= 15 is 0 Å². The van der Waals surface area contributed by atoms with E-state index in [1.165, 1.54) is 5.56 Å². The minimum absolute atomic E-state index is 0.0356. The monoisotopic (exact) mass is 376 g/mol. The molecule has 0 aliphatic carbocycles. The number of Topliss-reactive ketones (excluding diaryl/α,β-unsaturated/α-hetero) is 1. The second kappa shape index (κ2) is 7.40. The lowest BCUT2D eigenvalue weighted by atomic mass is 9.93. The van der Waals surface area contributed by atoms with E-state index in [2.05, 4.69) is 22.4 Å². The molecular weight excluding hydrogens is 356 g/mol. The number of ketones is 1. The number of aromatic nitrogens is 3. The average molecular weight is 376 g/mol. The number of nitrogens with zero attached hydrogens (tertiary/aromatic N) is 3. The molecule has 2 aromatic carbocycles. The van der Waals surface area contributed by atoms with Crippen molar-refractivity contribution in [1.82, 2.24) is 14.8 Å². The molecule has 136 valence electrons. The van der Waals surface area contributed by atoms with Gasteiger partial charge in [0.2, 0.25) is 11.1 Å². The van der Waals surface area contributed by atoms with Crippen LogP contribution in [0.4, 0.5) is 5.95 Å². The lowest BCUT2D eigenvalue weighted by molar-refractivity contribution is -0.114. The van der Waals surface area contributed by atoms with E-state index in [9.17, 15) is 4.79 Å². The highest BCUT2D eigenvalue weighted by Gasteiger charge is 2.32. The fourth-order valence-corrected chi connectivity index (χ4v) is 4.10. The van der Waals surface area contributed by atoms with Crippen LogP contribution in [0.15, 0.2) is 77.1 Å². The fraction of sp³-hybridized carbons (Fsp3) is 0.190. The summed E-state index contributed by atoms with van der Waals surface area (Å²) in [6.45, 7) is 3.52. The molecule has 27 heavy (non-hydrogen) atoms. The van der Waals surface area contributed by atoms with Crippen LogP contribution in [0.25, 0.3) is 0 Å². The highest BCUT2D eigenvalue weighted by Crippen LogP contribution is 2.36. The van der Waals surface area contributed by atoms with Gasteiger partial charge in [0.15, 0.2) is 5.78 Å². The standard InChI is InChI=1S/C21H20N4OS/c1-14-18(15(2)26)19(17-11-7-4-8-12-17)25-20(22-14)23-21(24-25)27-13-16-9-5-3-6-10-16/h3-12,19H,13H2,1-2H3,(H,22,23,24). The lowest BCUT2D eigenvalue weighted by Gasteiger charge is -2.27. The van der Waals surface area contributed by atoms with Crippen molar-refractivity contribution in [2.24, 2.45) is 0 Å². The third kappa shape index (κ3) is 3.53. The number of fused-ring (bicyclic) bond motifs is 1. The molecular formula is C21H20N4OS. The highest BCUT2D eigenvalue weighted by molar-refractivity contribution is 7.98. The lowest BCUT2D eigenvalue weighted by Crippen LogP contribution is -2.27. The van der Waals surface area contributed by atoms with Gasteiger partial charge in [-0.15, -0.1) is 5.10 Å². The molecule has 1 aliphatic rings. The van der Waals surface area contributed by atoms with Gasteiger partial charge in [0.05, 0.1) is 0 Å². The predicted molar refractivity (Wildman–Crippen MR) is 108 cm³/mol. The molecule has 1 unspecified atom stereocenters. The van der Waals surface area contributed by atoms with Crippen LogP contribution >= 0.6 is 11.8 Å². The highest BCUT2D eigenvalue weighted by atomic mass is 32.2. The van der Waals surface area contributed by atoms with Crippen LogP contribution in [-0.4, -0.2) is 20.5 Å².